The molecular weight excluding hydrogens is 427 g/mol. The molecule has 170 valence electrons. The molecule has 3 aromatic rings. The Hall–Kier alpha value is -3.82. The van der Waals surface area contributed by atoms with Crippen LogP contribution in [0.5, 0.6) is 0 Å². The number of anilines is 1. The molecule has 0 saturated heterocycles. The van der Waals surface area contributed by atoms with Crippen molar-refractivity contribution in [3.05, 3.63) is 75.5 Å². The van der Waals surface area contributed by atoms with Gasteiger partial charge >= 0.3 is 0 Å². The first-order valence-electron chi connectivity index (χ1n) is 10.8. The van der Waals surface area contributed by atoms with Gasteiger partial charge in [0.2, 0.25) is 11.7 Å². The molecule has 0 saturated carbocycles. The number of benzene rings is 1. The Labute approximate surface area is 188 Å². The fraction of sp³-hybridized carbons (Fsp3) is 0.348. The van der Waals surface area contributed by atoms with Gasteiger partial charge in [0.15, 0.2) is 0 Å². The van der Waals surface area contributed by atoms with E-state index < -0.39 is 11.9 Å². The van der Waals surface area contributed by atoms with Crippen molar-refractivity contribution in [3.63, 3.8) is 0 Å². The second kappa shape index (κ2) is 7.95. The van der Waals surface area contributed by atoms with Crippen molar-refractivity contribution in [3.8, 4) is 0 Å². The van der Waals surface area contributed by atoms with Crippen molar-refractivity contribution in [1.82, 2.24) is 24.6 Å². The van der Waals surface area contributed by atoms with Crippen LogP contribution < -0.4 is 15.8 Å². The number of amides is 2. The minimum Gasteiger partial charge on any atom is -0.337 e. The summed E-state index contributed by atoms with van der Waals surface area (Å²) < 4.78 is 17.3. The number of nitrogens with zero attached hydrogens (tertiary/aromatic N) is 5. The van der Waals surface area contributed by atoms with Crippen molar-refractivity contribution in [1.29, 1.82) is 0 Å². The van der Waals surface area contributed by atoms with E-state index in [0.717, 1.165) is 5.56 Å². The molecule has 0 fully saturated rings. The van der Waals surface area contributed by atoms with Gasteiger partial charge in [-0.15, -0.1) is 5.10 Å². The summed E-state index contributed by atoms with van der Waals surface area (Å²) in [5.41, 5.74) is 1.76. The highest BCUT2D eigenvalue weighted by Crippen LogP contribution is 2.32. The first-order valence-corrected chi connectivity index (χ1v) is 10.8. The maximum atomic E-state index is 14.3. The number of carbonyl (C=O) groups is 2. The van der Waals surface area contributed by atoms with Crippen molar-refractivity contribution in [2.45, 2.75) is 37.8 Å². The van der Waals surface area contributed by atoms with Crippen LogP contribution in [0.3, 0.4) is 0 Å². The predicted octanol–water partition coefficient (Wildman–Crippen LogP) is 1.36. The molecule has 2 aliphatic rings. The zero-order valence-corrected chi connectivity index (χ0v) is 18.3. The lowest BCUT2D eigenvalue weighted by atomic mass is 10.0. The van der Waals surface area contributed by atoms with E-state index in [4.69, 9.17) is 0 Å². The summed E-state index contributed by atoms with van der Waals surface area (Å²) in [7, 11) is 3.25. The third-order valence-corrected chi connectivity index (χ3v) is 6.39. The van der Waals surface area contributed by atoms with Crippen LogP contribution >= 0.6 is 0 Å². The molecular formula is C23H23FN6O3. The van der Waals surface area contributed by atoms with E-state index in [9.17, 15) is 18.8 Å². The molecule has 0 aliphatic carbocycles. The standard InChI is InChI=1S/C23H23FN6O3/c1-28-12-18-13(11-20(28)31)7-8-16(23(33)29(18)2)25-22(32)21-26-19-10-9-17(30(19)27-21)14-5-3-4-6-15(14)24/h3-6,11-12,16-17H,7-10H2,1-2H3,(H,25,32)/t16-,17+/m1/s1. The van der Waals surface area contributed by atoms with E-state index in [0.29, 0.717) is 42.8 Å². The van der Waals surface area contributed by atoms with Crippen molar-refractivity contribution in [2.24, 2.45) is 7.05 Å². The zero-order chi connectivity index (χ0) is 23.3. The number of aryl methyl sites for hydroxylation is 3. The Kier molecular flexibility index (Phi) is 5.07. The van der Waals surface area contributed by atoms with Gasteiger partial charge in [-0.2, -0.15) is 0 Å². The number of likely N-dealkylation sites (N-methyl/N-ethyl adjacent to an activating group) is 1. The Bertz CT molecular complexity index is 1330. The number of aromatic nitrogens is 4. The largest absolute Gasteiger partial charge is 0.337 e. The molecule has 4 heterocycles. The molecule has 2 amide bonds. The van der Waals surface area contributed by atoms with Gasteiger partial charge in [-0.05, 0) is 30.9 Å². The number of carbonyl (C=O) groups excluding carboxylic acids is 2. The molecule has 2 aliphatic heterocycles. The molecule has 0 bridgehead atoms. The molecule has 1 aromatic carbocycles. The molecule has 33 heavy (non-hydrogen) atoms. The first kappa shape index (κ1) is 21.0. The van der Waals surface area contributed by atoms with Crippen molar-refractivity contribution < 1.29 is 14.0 Å². The van der Waals surface area contributed by atoms with Gasteiger partial charge in [-0.1, -0.05) is 18.2 Å². The maximum absolute atomic E-state index is 14.3. The average Bonchev–Trinajstić information content (AvgIpc) is 3.36. The Morgan fingerprint density at radius 1 is 1.15 bits per heavy atom. The predicted molar refractivity (Wildman–Crippen MR) is 118 cm³/mol. The van der Waals surface area contributed by atoms with E-state index in [1.54, 1.807) is 43.2 Å². The van der Waals surface area contributed by atoms with E-state index >= 15 is 0 Å². The third-order valence-electron chi connectivity index (χ3n) is 6.39. The van der Waals surface area contributed by atoms with Gasteiger partial charge in [0.1, 0.15) is 17.7 Å². The van der Waals surface area contributed by atoms with Gasteiger partial charge < -0.3 is 14.8 Å². The highest BCUT2D eigenvalue weighted by molar-refractivity contribution is 6.01. The first-order chi connectivity index (χ1) is 15.8. The lowest BCUT2D eigenvalue weighted by Gasteiger charge is -2.22. The number of hydrogen-bond acceptors (Lipinski definition) is 5. The Morgan fingerprint density at radius 3 is 2.73 bits per heavy atom. The average molecular weight is 450 g/mol. The van der Waals surface area contributed by atoms with Crippen LogP contribution in [-0.4, -0.2) is 44.2 Å². The van der Waals surface area contributed by atoms with Crippen LogP contribution in [-0.2, 0) is 24.7 Å². The fourth-order valence-electron chi connectivity index (χ4n) is 4.58. The highest BCUT2D eigenvalue weighted by atomic mass is 19.1. The lowest BCUT2D eigenvalue weighted by Crippen LogP contribution is -2.47. The third kappa shape index (κ3) is 3.61. The highest BCUT2D eigenvalue weighted by Gasteiger charge is 2.33. The van der Waals surface area contributed by atoms with Gasteiger partial charge in [0.05, 0.1) is 11.7 Å². The summed E-state index contributed by atoms with van der Waals surface area (Å²) in [5, 5.41) is 7.09. The Balaban J connectivity index is 1.36. The molecule has 5 rings (SSSR count). The van der Waals surface area contributed by atoms with Gasteiger partial charge in [-0.25, -0.2) is 14.1 Å². The number of fused-ring (bicyclic) bond motifs is 2. The molecule has 2 aromatic heterocycles. The van der Waals surface area contributed by atoms with E-state index in [1.807, 2.05) is 0 Å². The summed E-state index contributed by atoms with van der Waals surface area (Å²) in [6.45, 7) is 0. The second-order valence-corrected chi connectivity index (χ2v) is 8.47. The fourth-order valence-corrected chi connectivity index (χ4v) is 4.58. The zero-order valence-electron chi connectivity index (χ0n) is 18.3. The van der Waals surface area contributed by atoms with Crippen LogP contribution in [0.2, 0.25) is 0 Å². The van der Waals surface area contributed by atoms with Crippen LogP contribution in [0, 0.1) is 5.82 Å². The topological polar surface area (TPSA) is 102 Å². The van der Waals surface area contributed by atoms with Crippen LogP contribution in [0.15, 0.2) is 41.3 Å². The normalized spacial score (nSPS) is 19.7. The van der Waals surface area contributed by atoms with Crippen molar-refractivity contribution in [2.75, 3.05) is 11.9 Å². The molecule has 9 nitrogen and oxygen atoms in total. The summed E-state index contributed by atoms with van der Waals surface area (Å²) in [4.78, 5) is 43.7. The number of hydrogen-bond donors (Lipinski definition) is 1. The SMILES string of the molecule is CN1C(=O)[C@H](NC(=O)c2nc3n(n2)[C@H](c2ccccc2F)CC3)CCc2cc(=O)n(C)cc21. The van der Waals surface area contributed by atoms with Crippen LogP contribution in [0.1, 0.15) is 46.5 Å². The lowest BCUT2D eigenvalue weighted by molar-refractivity contribution is -0.120. The Morgan fingerprint density at radius 2 is 1.94 bits per heavy atom. The minimum absolute atomic E-state index is 0.0449. The molecule has 1 N–H and O–H groups in total. The van der Waals surface area contributed by atoms with Crippen LogP contribution in [0.25, 0.3) is 0 Å². The minimum atomic E-state index is -0.781. The molecule has 10 heteroatoms. The van der Waals surface area contributed by atoms with Crippen LogP contribution in [0.4, 0.5) is 10.1 Å². The summed E-state index contributed by atoms with van der Waals surface area (Å²) in [6, 6.07) is 6.93. The number of halogens is 1. The van der Waals surface area contributed by atoms with E-state index in [-0.39, 0.29) is 29.1 Å². The maximum Gasteiger partial charge on any atom is 0.291 e. The van der Waals surface area contributed by atoms with E-state index in [2.05, 4.69) is 15.4 Å². The summed E-state index contributed by atoms with van der Waals surface area (Å²) >= 11 is 0. The van der Waals surface area contributed by atoms with Gasteiger partial charge in [-0.3, -0.25) is 14.4 Å². The molecule has 0 radical (unpaired) electrons. The summed E-state index contributed by atoms with van der Waals surface area (Å²) in [6.07, 6.45) is 3.68. The van der Waals surface area contributed by atoms with Crippen molar-refractivity contribution >= 4 is 17.5 Å². The number of nitrogens with one attached hydrogen (secondary N) is 1. The molecule has 2 atom stereocenters. The molecule has 0 spiro atoms. The number of pyridine rings is 1. The second-order valence-electron chi connectivity index (χ2n) is 8.47. The quantitative estimate of drug-likeness (QED) is 0.649. The number of rotatable bonds is 3. The summed E-state index contributed by atoms with van der Waals surface area (Å²) in [5.74, 6) is -0.594. The van der Waals surface area contributed by atoms with Gasteiger partial charge in [0, 0.05) is 38.3 Å². The van der Waals surface area contributed by atoms with E-state index in [1.165, 1.54) is 21.6 Å². The smallest absolute Gasteiger partial charge is 0.291 e. The monoisotopic (exact) mass is 450 g/mol. The van der Waals surface area contributed by atoms with Gasteiger partial charge in [0.25, 0.3) is 11.5 Å². The molecule has 0 unspecified atom stereocenters.